The number of hydrogen-bond acceptors (Lipinski definition) is 5. The number of nitrogens with zero attached hydrogens (tertiary/aromatic N) is 1. The van der Waals surface area contributed by atoms with Gasteiger partial charge in [-0.1, -0.05) is 30.3 Å². The van der Waals surface area contributed by atoms with Gasteiger partial charge in [0.2, 0.25) is 0 Å². The number of anilines is 1. The highest BCUT2D eigenvalue weighted by Gasteiger charge is 2.31. The fourth-order valence-corrected chi connectivity index (χ4v) is 5.62. The Bertz CT molecular complexity index is 1590. The van der Waals surface area contributed by atoms with Crippen molar-refractivity contribution in [2.24, 2.45) is 0 Å². The predicted molar refractivity (Wildman–Crippen MR) is 135 cm³/mol. The van der Waals surface area contributed by atoms with Crippen LogP contribution in [-0.2, 0) is 16.2 Å². The molecule has 1 fully saturated rings. The van der Waals surface area contributed by atoms with Crippen molar-refractivity contribution in [1.29, 1.82) is 0 Å². The third-order valence-corrected chi connectivity index (χ3v) is 7.88. The second-order valence-electron chi connectivity index (χ2n) is 9.07. The van der Waals surface area contributed by atoms with Gasteiger partial charge in [-0.25, -0.2) is 13.4 Å². The Hall–Kier alpha value is -3.90. The van der Waals surface area contributed by atoms with E-state index in [4.69, 9.17) is 0 Å². The topological polar surface area (TPSA) is 124 Å². The molecule has 8 nitrogen and oxygen atoms in total. The van der Waals surface area contributed by atoms with Crippen LogP contribution in [0.25, 0.3) is 22.2 Å². The van der Waals surface area contributed by atoms with Crippen LogP contribution < -0.4 is 10.0 Å². The quantitative estimate of drug-likeness (QED) is 0.280. The normalized spacial score (nSPS) is 18.0. The van der Waals surface area contributed by atoms with Crippen LogP contribution in [0, 0.1) is 0 Å². The van der Waals surface area contributed by atoms with Crippen LogP contribution in [0.2, 0.25) is 0 Å². The molecule has 2 unspecified atom stereocenters. The molecule has 5 rings (SSSR count). The molecule has 2 atom stereocenters. The standard InChI is InChI=1S/C26H23F3N4O4S/c27-26(28,29)16-9-11-18(12-10-16)38(36,37)33-17-13-19-22(15-5-2-1-3-6-15)23(32-24(19)30-14-17)25(35)31-20-7-4-8-21(20)34/h1-3,5-6,9-14,20-21,33-34H,4,7-8H2,(H,30,32)(H,31,35). The lowest BCUT2D eigenvalue weighted by Gasteiger charge is -2.16. The summed E-state index contributed by atoms with van der Waals surface area (Å²) in [5.74, 6) is -0.431. The highest BCUT2D eigenvalue weighted by Crippen LogP contribution is 2.34. The molecule has 2 aromatic heterocycles. The van der Waals surface area contributed by atoms with Gasteiger partial charge < -0.3 is 15.4 Å². The van der Waals surface area contributed by atoms with Crippen molar-refractivity contribution < 1.29 is 31.5 Å². The Kier molecular flexibility index (Phi) is 6.61. The van der Waals surface area contributed by atoms with Crippen molar-refractivity contribution >= 4 is 32.7 Å². The molecule has 4 N–H and O–H groups in total. The Balaban J connectivity index is 1.51. The molecule has 4 aromatic rings. The minimum atomic E-state index is -4.59. The number of nitrogens with one attached hydrogen (secondary N) is 3. The summed E-state index contributed by atoms with van der Waals surface area (Å²) in [5, 5.41) is 13.5. The van der Waals surface area contributed by atoms with Crippen molar-refractivity contribution in [2.45, 2.75) is 42.5 Å². The third kappa shape index (κ3) is 5.09. The van der Waals surface area contributed by atoms with Crippen molar-refractivity contribution in [2.75, 3.05) is 4.72 Å². The minimum Gasteiger partial charge on any atom is -0.391 e. The number of rotatable bonds is 6. The van der Waals surface area contributed by atoms with E-state index in [1.54, 1.807) is 24.3 Å². The molecule has 1 aliphatic rings. The highest BCUT2D eigenvalue weighted by atomic mass is 32.2. The molecule has 198 valence electrons. The fourth-order valence-electron chi connectivity index (χ4n) is 4.59. The van der Waals surface area contributed by atoms with Crippen LogP contribution in [0.15, 0.2) is 71.8 Å². The number of halogens is 3. The molecule has 0 radical (unpaired) electrons. The molecule has 38 heavy (non-hydrogen) atoms. The Morgan fingerprint density at radius 3 is 2.39 bits per heavy atom. The van der Waals surface area contributed by atoms with Gasteiger partial charge in [0.05, 0.1) is 34.5 Å². The van der Waals surface area contributed by atoms with Crippen molar-refractivity contribution in [3.05, 3.63) is 78.1 Å². The first-order valence-electron chi connectivity index (χ1n) is 11.8. The number of H-pyrrole nitrogens is 1. The summed E-state index contributed by atoms with van der Waals surface area (Å²) in [7, 11) is -4.23. The zero-order valence-corrected chi connectivity index (χ0v) is 20.6. The van der Waals surface area contributed by atoms with E-state index >= 15 is 0 Å². The van der Waals surface area contributed by atoms with E-state index in [0.717, 1.165) is 18.6 Å². The summed E-state index contributed by atoms with van der Waals surface area (Å²) in [5.41, 5.74) is 0.815. The number of amides is 1. The minimum absolute atomic E-state index is 0.0618. The van der Waals surface area contributed by atoms with Gasteiger partial charge in [0.25, 0.3) is 15.9 Å². The van der Waals surface area contributed by atoms with E-state index < -0.39 is 33.8 Å². The van der Waals surface area contributed by atoms with Crippen LogP contribution >= 0.6 is 0 Å². The molecule has 0 bridgehead atoms. The Labute approximate surface area is 216 Å². The molecule has 1 aliphatic carbocycles. The number of alkyl halides is 3. The molecule has 0 aliphatic heterocycles. The summed E-state index contributed by atoms with van der Waals surface area (Å²) in [6.45, 7) is 0. The van der Waals surface area contributed by atoms with Gasteiger partial charge >= 0.3 is 6.18 Å². The van der Waals surface area contributed by atoms with Crippen LogP contribution in [0.3, 0.4) is 0 Å². The number of aromatic amines is 1. The SMILES string of the molecule is O=C(NC1CCCC1O)c1[nH]c2ncc(NS(=O)(=O)c3ccc(C(F)(F)F)cc3)cc2c1-c1ccccc1. The van der Waals surface area contributed by atoms with Gasteiger partial charge in [0.1, 0.15) is 11.3 Å². The molecule has 1 amide bonds. The Morgan fingerprint density at radius 2 is 1.76 bits per heavy atom. The van der Waals surface area contributed by atoms with E-state index in [1.165, 1.54) is 12.3 Å². The lowest BCUT2D eigenvalue weighted by molar-refractivity contribution is -0.137. The molecular formula is C26H23F3N4O4S. The van der Waals surface area contributed by atoms with Crippen LogP contribution in [0.5, 0.6) is 0 Å². The number of aromatic nitrogens is 2. The maximum absolute atomic E-state index is 13.2. The number of aliphatic hydroxyl groups is 1. The molecular weight excluding hydrogens is 521 g/mol. The van der Waals surface area contributed by atoms with Crippen LogP contribution in [0.1, 0.15) is 35.3 Å². The van der Waals surface area contributed by atoms with Gasteiger partial charge in [0.15, 0.2) is 0 Å². The first-order valence-corrected chi connectivity index (χ1v) is 13.3. The molecule has 0 spiro atoms. The molecule has 1 saturated carbocycles. The maximum Gasteiger partial charge on any atom is 0.416 e. The number of pyridine rings is 1. The monoisotopic (exact) mass is 544 g/mol. The lowest BCUT2D eigenvalue weighted by Crippen LogP contribution is -2.40. The molecule has 2 heterocycles. The van der Waals surface area contributed by atoms with Gasteiger partial charge in [-0.2, -0.15) is 13.2 Å². The van der Waals surface area contributed by atoms with E-state index in [0.29, 0.717) is 47.1 Å². The lowest BCUT2D eigenvalue weighted by atomic mass is 10.0. The van der Waals surface area contributed by atoms with Crippen molar-refractivity contribution in [1.82, 2.24) is 15.3 Å². The second kappa shape index (κ2) is 9.76. The van der Waals surface area contributed by atoms with Crippen LogP contribution in [0.4, 0.5) is 18.9 Å². The molecule has 0 saturated heterocycles. The number of carbonyl (C=O) groups is 1. The van der Waals surface area contributed by atoms with Gasteiger partial charge in [-0.15, -0.1) is 0 Å². The number of fused-ring (bicyclic) bond motifs is 1. The average Bonchev–Trinajstić information content (AvgIpc) is 3.46. The predicted octanol–water partition coefficient (Wildman–Crippen LogP) is 4.69. The maximum atomic E-state index is 13.2. The summed E-state index contributed by atoms with van der Waals surface area (Å²) < 4.78 is 66.7. The van der Waals surface area contributed by atoms with Crippen LogP contribution in [-0.4, -0.2) is 41.5 Å². The third-order valence-electron chi connectivity index (χ3n) is 6.48. The number of benzene rings is 2. The number of hydrogen-bond donors (Lipinski definition) is 4. The fraction of sp³-hybridized carbons (Fsp3) is 0.231. The second-order valence-corrected chi connectivity index (χ2v) is 10.7. The summed E-state index contributed by atoms with van der Waals surface area (Å²) in [6.07, 6.45) is -1.92. The largest absolute Gasteiger partial charge is 0.416 e. The van der Waals surface area contributed by atoms with E-state index in [1.807, 2.05) is 6.07 Å². The number of aliphatic hydroxyl groups excluding tert-OH is 1. The van der Waals surface area contributed by atoms with E-state index in [-0.39, 0.29) is 22.3 Å². The van der Waals surface area contributed by atoms with Crippen molar-refractivity contribution in [3.63, 3.8) is 0 Å². The zero-order chi connectivity index (χ0) is 27.1. The molecule has 12 heteroatoms. The average molecular weight is 545 g/mol. The van der Waals surface area contributed by atoms with Gasteiger partial charge in [-0.3, -0.25) is 9.52 Å². The van der Waals surface area contributed by atoms with E-state index in [9.17, 15) is 31.5 Å². The van der Waals surface area contributed by atoms with Crippen molar-refractivity contribution in [3.8, 4) is 11.1 Å². The summed E-state index contributed by atoms with van der Waals surface area (Å²) in [6, 6.07) is 13.3. The zero-order valence-electron chi connectivity index (χ0n) is 19.8. The smallest absolute Gasteiger partial charge is 0.391 e. The first kappa shape index (κ1) is 25.7. The van der Waals surface area contributed by atoms with Gasteiger partial charge in [0, 0.05) is 10.9 Å². The van der Waals surface area contributed by atoms with Gasteiger partial charge in [-0.05, 0) is 55.2 Å². The first-order chi connectivity index (χ1) is 18.0. The Morgan fingerprint density at radius 1 is 1.05 bits per heavy atom. The summed E-state index contributed by atoms with van der Waals surface area (Å²) in [4.78, 5) is 20.2. The molecule has 2 aromatic carbocycles. The van der Waals surface area contributed by atoms with E-state index in [2.05, 4.69) is 20.0 Å². The summed E-state index contributed by atoms with van der Waals surface area (Å²) >= 11 is 0. The highest BCUT2D eigenvalue weighted by molar-refractivity contribution is 7.92. The number of carbonyl (C=O) groups excluding carboxylic acids is 1. The number of sulfonamides is 1.